The summed E-state index contributed by atoms with van der Waals surface area (Å²) in [7, 11) is 3.28. The van der Waals surface area contributed by atoms with E-state index in [1.807, 2.05) is 24.3 Å². The second kappa shape index (κ2) is 8.93. The van der Waals surface area contributed by atoms with Crippen LogP contribution in [0.15, 0.2) is 54.6 Å². The average Bonchev–Trinajstić information content (AvgIpc) is 3.22. The van der Waals surface area contributed by atoms with Crippen LogP contribution < -0.4 is 15.4 Å². The maximum absolute atomic E-state index is 13.3. The van der Waals surface area contributed by atoms with Gasteiger partial charge in [0, 0.05) is 19.2 Å². The van der Waals surface area contributed by atoms with Crippen molar-refractivity contribution in [1.82, 2.24) is 14.9 Å². The molecule has 2 aromatic carbocycles. The highest BCUT2D eigenvalue weighted by molar-refractivity contribution is 5.94. The Morgan fingerprint density at radius 3 is 2.38 bits per heavy atom. The summed E-state index contributed by atoms with van der Waals surface area (Å²) in [6, 6.07) is 16.8. The molecule has 0 aliphatic heterocycles. The fourth-order valence-electron chi connectivity index (χ4n) is 3.81. The summed E-state index contributed by atoms with van der Waals surface area (Å²) in [4.78, 5) is 34.4. The molecule has 1 aromatic heterocycles. The number of rotatable bonds is 6. The number of aromatic nitrogens is 2. The maximum Gasteiger partial charge on any atom is 0.411 e. The summed E-state index contributed by atoms with van der Waals surface area (Å²) in [6.45, 7) is 0. The van der Waals surface area contributed by atoms with Crippen LogP contribution in [0.5, 0.6) is 5.75 Å². The SMILES string of the molecule is COc1ccccc1Nc1cc(C(=O)N(C)C2Cc3ccccc3C2)nc(NC(=O)O)n1. The second-order valence-corrected chi connectivity index (χ2v) is 7.46. The first kappa shape index (κ1) is 21.1. The van der Waals surface area contributed by atoms with Crippen LogP contribution in [0.1, 0.15) is 21.6 Å². The summed E-state index contributed by atoms with van der Waals surface area (Å²) in [5.41, 5.74) is 3.16. The first-order valence-corrected chi connectivity index (χ1v) is 10.1. The fraction of sp³-hybridized carbons (Fsp3) is 0.217. The Labute approximate surface area is 185 Å². The zero-order valence-corrected chi connectivity index (χ0v) is 17.7. The molecule has 1 aliphatic rings. The van der Waals surface area contributed by atoms with Crippen molar-refractivity contribution in [2.45, 2.75) is 18.9 Å². The molecule has 0 bridgehead atoms. The number of ether oxygens (including phenoxy) is 1. The van der Waals surface area contributed by atoms with Crippen molar-refractivity contribution in [3.8, 4) is 5.75 Å². The molecule has 0 fully saturated rings. The van der Waals surface area contributed by atoms with E-state index in [9.17, 15) is 9.59 Å². The number of amides is 2. The van der Waals surface area contributed by atoms with Gasteiger partial charge in [-0.1, -0.05) is 36.4 Å². The van der Waals surface area contributed by atoms with Crippen molar-refractivity contribution in [3.63, 3.8) is 0 Å². The molecular weight excluding hydrogens is 410 g/mol. The highest BCUT2D eigenvalue weighted by Crippen LogP contribution is 2.28. The summed E-state index contributed by atoms with van der Waals surface area (Å²) in [5, 5.41) is 14.3. The summed E-state index contributed by atoms with van der Waals surface area (Å²) in [5.74, 6) is 0.331. The van der Waals surface area contributed by atoms with Crippen LogP contribution in [0, 0.1) is 0 Å². The number of benzene rings is 2. The van der Waals surface area contributed by atoms with E-state index in [1.54, 1.807) is 31.2 Å². The van der Waals surface area contributed by atoms with Crippen molar-refractivity contribution in [1.29, 1.82) is 0 Å². The van der Waals surface area contributed by atoms with Gasteiger partial charge >= 0.3 is 6.09 Å². The third-order valence-corrected chi connectivity index (χ3v) is 5.43. The molecule has 2 amide bonds. The van der Waals surface area contributed by atoms with Crippen LogP contribution in [0.25, 0.3) is 0 Å². The Morgan fingerprint density at radius 2 is 1.72 bits per heavy atom. The van der Waals surface area contributed by atoms with Gasteiger partial charge in [0.05, 0.1) is 12.8 Å². The zero-order chi connectivity index (χ0) is 22.7. The zero-order valence-electron chi connectivity index (χ0n) is 17.7. The fourth-order valence-corrected chi connectivity index (χ4v) is 3.81. The third kappa shape index (κ3) is 4.46. The number of likely N-dealkylation sites (N-methyl/N-ethyl adjacent to an activating group) is 1. The number of para-hydroxylation sites is 2. The largest absolute Gasteiger partial charge is 0.495 e. The third-order valence-electron chi connectivity index (χ3n) is 5.43. The molecule has 0 spiro atoms. The Kier molecular flexibility index (Phi) is 5.89. The molecule has 1 heterocycles. The predicted molar refractivity (Wildman–Crippen MR) is 120 cm³/mol. The average molecular weight is 433 g/mol. The smallest absolute Gasteiger partial charge is 0.411 e. The molecule has 164 valence electrons. The first-order chi connectivity index (χ1) is 15.4. The van der Waals surface area contributed by atoms with E-state index in [-0.39, 0.29) is 29.4 Å². The Hall–Kier alpha value is -4.14. The van der Waals surface area contributed by atoms with Gasteiger partial charge in [-0.05, 0) is 36.1 Å². The van der Waals surface area contributed by atoms with E-state index in [1.165, 1.54) is 17.2 Å². The van der Waals surface area contributed by atoms with Crippen molar-refractivity contribution in [3.05, 3.63) is 71.4 Å². The Morgan fingerprint density at radius 1 is 1.06 bits per heavy atom. The number of nitrogens with one attached hydrogen (secondary N) is 2. The predicted octanol–water partition coefficient (Wildman–Crippen LogP) is 3.56. The van der Waals surface area contributed by atoms with Crippen molar-refractivity contribution in [2.75, 3.05) is 24.8 Å². The molecule has 32 heavy (non-hydrogen) atoms. The van der Waals surface area contributed by atoms with E-state index < -0.39 is 6.09 Å². The van der Waals surface area contributed by atoms with Crippen LogP contribution in [0.4, 0.5) is 22.2 Å². The molecule has 0 radical (unpaired) electrons. The molecule has 0 saturated heterocycles. The quantitative estimate of drug-likeness (QED) is 0.544. The van der Waals surface area contributed by atoms with E-state index in [2.05, 4.69) is 32.7 Å². The number of carbonyl (C=O) groups is 2. The topological polar surface area (TPSA) is 117 Å². The molecule has 4 rings (SSSR count). The second-order valence-electron chi connectivity index (χ2n) is 7.46. The lowest BCUT2D eigenvalue weighted by atomic mass is 10.1. The number of nitrogens with zero attached hydrogens (tertiary/aromatic N) is 3. The molecule has 0 saturated carbocycles. The summed E-state index contributed by atoms with van der Waals surface area (Å²) < 4.78 is 5.34. The summed E-state index contributed by atoms with van der Waals surface area (Å²) >= 11 is 0. The minimum absolute atomic E-state index is 0.00336. The Balaban J connectivity index is 1.61. The highest BCUT2D eigenvalue weighted by atomic mass is 16.5. The molecule has 9 heteroatoms. The van der Waals surface area contributed by atoms with Crippen LogP contribution in [0.3, 0.4) is 0 Å². The number of fused-ring (bicyclic) bond motifs is 1. The molecule has 1 aliphatic carbocycles. The molecule has 9 nitrogen and oxygen atoms in total. The minimum atomic E-state index is -1.32. The van der Waals surface area contributed by atoms with Gasteiger partial charge in [0.15, 0.2) is 0 Å². The van der Waals surface area contributed by atoms with Crippen LogP contribution in [-0.2, 0) is 12.8 Å². The Bertz CT molecular complexity index is 1140. The molecule has 0 unspecified atom stereocenters. The van der Waals surface area contributed by atoms with Gasteiger partial charge in [0.25, 0.3) is 5.91 Å². The monoisotopic (exact) mass is 433 g/mol. The number of hydrogen-bond acceptors (Lipinski definition) is 6. The van der Waals surface area contributed by atoms with Gasteiger partial charge < -0.3 is 20.1 Å². The minimum Gasteiger partial charge on any atom is -0.495 e. The van der Waals surface area contributed by atoms with Gasteiger partial charge in [0.1, 0.15) is 17.3 Å². The van der Waals surface area contributed by atoms with Gasteiger partial charge in [-0.3, -0.25) is 10.1 Å². The van der Waals surface area contributed by atoms with Crippen molar-refractivity contribution < 1.29 is 19.4 Å². The van der Waals surface area contributed by atoms with E-state index in [0.29, 0.717) is 11.4 Å². The van der Waals surface area contributed by atoms with Gasteiger partial charge in [-0.15, -0.1) is 0 Å². The number of carbonyl (C=O) groups excluding carboxylic acids is 1. The number of anilines is 3. The molecule has 3 N–H and O–H groups in total. The maximum atomic E-state index is 13.3. The lowest BCUT2D eigenvalue weighted by molar-refractivity contribution is 0.0731. The van der Waals surface area contributed by atoms with E-state index >= 15 is 0 Å². The highest BCUT2D eigenvalue weighted by Gasteiger charge is 2.29. The number of hydrogen-bond donors (Lipinski definition) is 3. The molecule has 3 aromatic rings. The van der Waals surface area contributed by atoms with Gasteiger partial charge in [-0.25, -0.2) is 9.78 Å². The van der Waals surface area contributed by atoms with Gasteiger partial charge in [0.2, 0.25) is 5.95 Å². The normalized spacial score (nSPS) is 12.7. The number of carboxylic acid groups (broad SMARTS) is 1. The summed E-state index contributed by atoms with van der Waals surface area (Å²) in [6.07, 6.45) is 0.198. The van der Waals surface area contributed by atoms with Crippen molar-refractivity contribution >= 4 is 29.5 Å². The van der Waals surface area contributed by atoms with E-state index in [0.717, 1.165) is 12.8 Å². The van der Waals surface area contributed by atoms with Crippen LogP contribution in [-0.4, -0.2) is 52.2 Å². The van der Waals surface area contributed by atoms with Crippen LogP contribution >= 0.6 is 0 Å². The first-order valence-electron chi connectivity index (χ1n) is 10.1. The van der Waals surface area contributed by atoms with Crippen molar-refractivity contribution in [2.24, 2.45) is 0 Å². The van der Waals surface area contributed by atoms with Crippen LogP contribution in [0.2, 0.25) is 0 Å². The lowest BCUT2D eigenvalue weighted by Crippen LogP contribution is -2.38. The standard InChI is InChI=1S/C23H23N5O4/c1-28(16-11-14-7-3-4-8-15(14)12-16)21(29)18-13-20(26-22(25-18)27-23(30)31)24-17-9-5-6-10-19(17)32-2/h3-10,13,16H,11-12H2,1-2H3,(H,30,31)(H2,24,25,26,27). The number of methoxy groups -OCH3 is 1. The lowest BCUT2D eigenvalue weighted by Gasteiger charge is -2.24. The van der Waals surface area contributed by atoms with E-state index in [4.69, 9.17) is 9.84 Å². The molecule has 0 atom stereocenters. The molecular formula is C23H23N5O4. The van der Waals surface area contributed by atoms with Gasteiger partial charge in [-0.2, -0.15) is 4.98 Å².